The number of rotatable bonds is 2. The minimum Gasteiger partial charge on any atom is -0.479 e. The average Bonchev–Trinajstić information content (AvgIpc) is 3.00. The number of amidine groups is 1. The highest BCUT2D eigenvalue weighted by molar-refractivity contribution is 6.00. The number of hydrogen-bond acceptors (Lipinski definition) is 7. The zero-order chi connectivity index (χ0) is 16.9. The van der Waals surface area contributed by atoms with Crippen LogP contribution in [-0.2, 0) is 9.53 Å². The molecule has 0 radical (unpaired) electrons. The van der Waals surface area contributed by atoms with Crippen molar-refractivity contribution in [1.82, 2.24) is 9.55 Å². The predicted molar refractivity (Wildman–Crippen MR) is 76.6 cm³/mol. The molecule has 10 heteroatoms. The van der Waals surface area contributed by atoms with E-state index in [1.807, 2.05) is 0 Å². The number of aliphatic hydroxyl groups excluding tert-OH is 2. The van der Waals surface area contributed by atoms with Gasteiger partial charge in [0, 0.05) is 0 Å². The monoisotopic (exact) mass is 321 g/mol. The second-order valence-electron chi connectivity index (χ2n) is 5.47. The third kappa shape index (κ3) is 2.27. The summed E-state index contributed by atoms with van der Waals surface area (Å²) in [5.74, 6) is -1.47. The normalized spacial score (nSPS) is 29.3. The smallest absolute Gasteiger partial charge is 0.335 e. The van der Waals surface area contributed by atoms with Crippen LogP contribution in [-0.4, -0.2) is 61.3 Å². The van der Waals surface area contributed by atoms with Gasteiger partial charge in [-0.3, -0.25) is 9.98 Å². The van der Waals surface area contributed by atoms with Crippen LogP contribution in [0.2, 0.25) is 0 Å². The number of hydrogen-bond donors (Lipinski definition) is 4. The van der Waals surface area contributed by atoms with E-state index in [-0.39, 0.29) is 17.0 Å². The largest absolute Gasteiger partial charge is 0.479 e. The fourth-order valence-corrected chi connectivity index (χ4v) is 2.58. The molecular weight excluding hydrogens is 306 g/mol. The molecule has 122 valence electrons. The Kier molecular flexibility index (Phi) is 3.59. The van der Waals surface area contributed by atoms with Crippen LogP contribution in [0.3, 0.4) is 0 Å². The molecule has 2 aliphatic heterocycles. The van der Waals surface area contributed by atoms with Crippen LogP contribution in [0.4, 0.5) is 0 Å². The van der Waals surface area contributed by atoms with Gasteiger partial charge in [0.2, 0.25) is 0 Å². The lowest BCUT2D eigenvalue weighted by molar-refractivity contribution is -0.155. The summed E-state index contributed by atoms with van der Waals surface area (Å²) >= 11 is 0. The van der Waals surface area contributed by atoms with Crippen LogP contribution in [0.5, 0.6) is 0 Å². The van der Waals surface area contributed by atoms with E-state index >= 15 is 0 Å². The van der Waals surface area contributed by atoms with Crippen molar-refractivity contribution in [2.45, 2.75) is 38.4 Å². The number of carbonyl (C=O) groups is 1. The molecule has 3 heterocycles. The van der Waals surface area contributed by atoms with Crippen molar-refractivity contribution >= 4 is 23.7 Å². The van der Waals surface area contributed by atoms with Gasteiger partial charge in [-0.1, -0.05) is 0 Å². The summed E-state index contributed by atoms with van der Waals surface area (Å²) in [5, 5.41) is 37.0. The molecule has 1 fully saturated rings. The van der Waals surface area contributed by atoms with E-state index in [0.717, 1.165) is 5.57 Å². The molecule has 1 aromatic rings. The Labute approximate surface area is 129 Å². The van der Waals surface area contributed by atoms with Gasteiger partial charge in [-0.15, -0.1) is 0 Å². The number of carboxylic acid groups (broad SMARTS) is 1. The Morgan fingerprint density at radius 3 is 2.61 bits per heavy atom. The summed E-state index contributed by atoms with van der Waals surface area (Å²) < 4.78 is 6.71. The quantitative estimate of drug-likeness (QED) is 0.483. The van der Waals surface area contributed by atoms with E-state index in [1.165, 1.54) is 10.9 Å². The molecule has 0 amide bonds. The zero-order valence-corrected chi connectivity index (χ0v) is 12.3. The number of ether oxygens (including phenoxy) is 1. The van der Waals surface area contributed by atoms with Crippen molar-refractivity contribution < 1.29 is 24.9 Å². The van der Waals surface area contributed by atoms with Gasteiger partial charge < -0.3 is 20.1 Å². The minimum atomic E-state index is -1.59. The van der Waals surface area contributed by atoms with Crippen molar-refractivity contribution in [2.24, 2.45) is 9.98 Å². The lowest BCUT2D eigenvalue weighted by atomic mass is 10.1. The number of nitrogens with zero attached hydrogens (tertiary/aromatic N) is 4. The number of imidazole rings is 1. The van der Waals surface area contributed by atoms with Crippen LogP contribution >= 0.6 is 0 Å². The first-order chi connectivity index (χ1) is 10.8. The van der Waals surface area contributed by atoms with E-state index < -0.39 is 30.5 Å². The van der Waals surface area contributed by atoms with Crippen LogP contribution in [0.15, 0.2) is 9.98 Å². The number of fused-ring (bicyclic) bond motifs is 1. The fraction of sp³-hybridized carbons (Fsp3) is 0.462. The summed E-state index contributed by atoms with van der Waals surface area (Å²) in [6.07, 6.45) is -4.64. The molecule has 4 atom stereocenters. The maximum atomic E-state index is 11.1. The van der Waals surface area contributed by atoms with Gasteiger partial charge in [0.05, 0.1) is 0 Å². The second-order valence-corrected chi connectivity index (χ2v) is 5.47. The van der Waals surface area contributed by atoms with Gasteiger partial charge >= 0.3 is 5.97 Å². The Bertz CT molecular complexity index is 838. The first kappa shape index (κ1) is 15.5. The number of nitrogens with one attached hydrogen (secondary N) is 1. The molecule has 1 aromatic heterocycles. The number of carboxylic acids is 1. The Hall–Kier alpha value is -2.43. The molecule has 0 saturated carbocycles. The molecule has 2 aliphatic rings. The molecular formula is C13H15N5O5. The zero-order valence-electron chi connectivity index (χ0n) is 12.3. The van der Waals surface area contributed by atoms with Gasteiger partial charge in [-0.2, -0.15) is 0 Å². The Balaban J connectivity index is 2.22. The number of aliphatic carboxylic acids is 1. The fourth-order valence-electron chi connectivity index (χ4n) is 2.58. The van der Waals surface area contributed by atoms with Crippen LogP contribution < -0.4 is 11.0 Å². The number of aliphatic hydroxyl groups is 2. The first-order valence-electron chi connectivity index (χ1n) is 6.82. The number of aliphatic imine (C=N–C) groups is 1. The van der Waals surface area contributed by atoms with E-state index in [2.05, 4.69) is 15.0 Å². The van der Waals surface area contributed by atoms with E-state index in [9.17, 15) is 15.0 Å². The minimum absolute atomic E-state index is 0.0981. The summed E-state index contributed by atoms with van der Waals surface area (Å²) in [5.41, 5.74) is 1.54. The van der Waals surface area contributed by atoms with Crippen LogP contribution in [0.25, 0.3) is 5.57 Å². The van der Waals surface area contributed by atoms with Crippen LogP contribution in [0, 0.1) is 5.41 Å². The van der Waals surface area contributed by atoms with E-state index in [4.69, 9.17) is 15.3 Å². The van der Waals surface area contributed by atoms with Gasteiger partial charge in [-0.25, -0.2) is 19.8 Å². The highest BCUT2D eigenvalue weighted by Gasteiger charge is 2.48. The molecule has 0 aliphatic carbocycles. The molecule has 3 rings (SSSR count). The predicted octanol–water partition coefficient (Wildman–Crippen LogP) is -2.24. The van der Waals surface area contributed by atoms with Gasteiger partial charge in [0.15, 0.2) is 29.3 Å². The lowest BCUT2D eigenvalue weighted by Crippen LogP contribution is -2.40. The Morgan fingerprint density at radius 1 is 1.35 bits per heavy atom. The SMILES string of the molecule is CC(C)=c1nc2c(n1[C@@H]1O[C@H](C(=O)O)[C@@H](O)[C@H]1O)=NC=NC2=N. The maximum absolute atomic E-state index is 11.1. The lowest BCUT2D eigenvalue weighted by Gasteiger charge is -2.17. The van der Waals surface area contributed by atoms with Crippen LogP contribution in [0.1, 0.15) is 25.8 Å². The second kappa shape index (κ2) is 5.33. The maximum Gasteiger partial charge on any atom is 0.335 e. The highest BCUT2D eigenvalue weighted by Crippen LogP contribution is 2.28. The topological polar surface area (TPSA) is 153 Å². The molecule has 23 heavy (non-hydrogen) atoms. The summed E-state index contributed by atoms with van der Waals surface area (Å²) in [6.45, 7) is 3.53. The van der Waals surface area contributed by atoms with Crippen molar-refractivity contribution in [3.8, 4) is 0 Å². The first-order valence-corrected chi connectivity index (χ1v) is 6.82. The van der Waals surface area contributed by atoms with Gasteiger partial charge in [-0.05, 0) is 19.4 Å². The highest BCUT2D eigenvalue weighted by atomic mass is 16.6. The third-order valence-corrected chi connectivity index (χ3v) is 3.66. The standard InChI is InChI=1S/C13H15N5O5/c1-4(2)10-17-5-9(14)15-3-16-11(5)18(10)12-7(20)6(19)8(23-12)13(21)22/h3,6-8,12,14,19-20H,1-2H3,(H,21,22)/t6-,7+,8-,12+/m0/s1. The molecule has 0 bridgehead atoms. The van der Waals surface area contributed by atoms with Crippen molar-refractivity contribution in [2.75, 3.05) is 0 Å². The molecule has 0 aromatic carbocycles. The van der Waals surface area contributed by atoms with Crippen molar-refractivity contribution in [1.29, 1.82) is 5.41 Å². The van der Waals surface area contributed by atoms with E-state index in [0.29, 0.717) is 5.48 Å². The Morgan fingerprint density at radius 2 is 2.04 bits per heavy atom. The summed E-state index contributed by atoms with van der Waals surface area (Å²) in [4.78, 5) is 23.2. The summed E-state index contributed by atoms with van der Waals surface area (Å²) in [6, 6.07) is 0. The molecule has 10 nitrogen and oxygen atoms in total. The molecule has 4 N–H and O–H groups in total. The number of aromatic nitrogens is 2. The summed E-state index contributed by atoms with van der Waals surface area (Å²) in [7, 11) is 0. The third-order valence-electron chi connectivity index (χ3n) is 3.66. The average molecular weight is 321 g/mol. The van der Waals surface area contributed by atoms with Crippen molar-refractivity contribution in [3.63, 3.8) is 0 Å². The molecule has 0 unspecified atom stereocenters. The molecule has 1 saturated heterocycles. The van der Waals surface area contributed by atoms with E-state index in [1.54, 1.807) is 13.8 Å². The molecule has 0 spiro atoms. The van der Waals surface area contributed by atoms with Gasteiger partial charge in [0.25, 0.3) is 0 Å². The van der Waals surface area contributed by atoms with Gasteiger partial charge in [0.1, 0.15) is 24.0 Å². The van der Waals surface area contributed by atoms with Crippen molar-refractivity contribution in [3.05, 3.63) is 16.7 Å².